The van der Waals surface area contributed by atoms with E-state index in [9.17, 15) is 13.2 Å². The number of rotatable bonds is 7. The van der Waals surface area contributed by atoms with Gasteiger partial charge in [0.05, 0.1) is 0 Å². The minimum atomic E-state index is -4.67. The predicted octanol–water partition coefficient (Wildman–Crippen LogP) is 6.31. The molecule has 134 valence electrons. The Hall–Kier alpha value is -1.91. The van der Waals surface area contributed by atoms with Gasteiger partial charge in [-0.1, -0.05) is 32.4 Å². The van der Waals surface area contributed by atoms with Gasteiger partial charge in [0.15, 0.2) is 0 Å². The Balaban J connectivity index is 3.06. The lowest BCUT2D eigenvalue weighted by atomic mass is 10.0. The molecule has 1 atom stereocenters. The first-order valence-electron chi connectivity index (χ1n) is 8.15. The number of benzene rings is 1. The number of anilines is 1. The first-order chi connectivity index (χ1) is 11.2. The predicted molar refractivity (Wildman–Crippen MR) is 93.1 cm³/mol. The summed E-state index contributed by atoms with van der Waals surface area (Å²) in [4.78, 5) is 2.01. The molecule has 24 heavy (non-hydrogen) atoms. The molecule has 1 aromatic carbocycles. The zero-order chi connectivity index (χ0) is 18.3. The molecule has 0 radical (unpaired) electrons. The first kappa shape index (κ1) is 20.1. The molecule has 0 bridgehead atoms. The van der Waals surface area contributed by atoms with Crippen molar-refractivity contribution in [3.8, 4) is 5.75 Å². The minimum absolute atomic E-state index is 0.212. The highest BCUT2D eigenvalue weighted by atomic mass is 19.4. The van der Waals surface area contributed by atoms with E-state index in [4.69, 9.17) is 0 Å². The molecule has 0 aliphatic heterocycles. The molecular formula is C19H26F3NO. The largest absolute Gasteiger partial charge is 0.573 e. The Kier molecular flexibility index (Phi) is 7.39. The topological polar surface area (TPSA) is 12.5 Å². The van der Waals surface area contributed by atoms with E-state index >= 15 is 0 Å². The van der Waals surface area contributed by atoms with Crippen molar-refractivity contribution in [1.82, 2.24) is 0 Å². The average Bonchev–Trinajstić information content (AvgIpc) is 2.50. The number of nitrogens with zero attached hydrogens (tertiary/aromatic N) is 1. The smallest absolute Gasteiger partial charge is 0.406 e. The van der Waals surface area contributed by atoms with Crippen LogP contribution in [0.15, 0.2) is 47.7 Å². The van der Waals surface area contributed by atoms with Crippen LogP contribution in [0.2, 0.25) is 0 Å². The molecule has 0 amide bonds. The lowest BCUT2D eigenvalue weighted by molar-refractivity contribution is -0.274. The van der Waals surface area contributed by atoms with Crippen LogP contribution in [-0.2, 0) is 0 Å². The van der Waals surface area contributed by atoms with Crippen LogP contribution in [0.3, 0.4) is 0 Å². The van der Waals surface area contributed by atoms with Crippen molar-refractivity contribution in [2.24, 2.45) is 5.92 Å². The zero-order valence-corrected chi connectivity index (χ0v) is 14.9. The third-order valence-corrected chi connectivity index (χ3v) is 3.86. The van der Waals surface area contributed by atoms with E-state index in [1.165, 1.54) is 17.7 Å². The molecule has 2 nitrogen and oxygen atoms in total. The summed E-state index contributed by atoms with van der Waals surface area (Å²) in [5, 5.41) is 0. The third-order valence-electron chi connectivity index (χ3n) is 3.86. The molecule has 1 unspecified atom stereocenters. The Morgan fingerprint density at radius 1 is 1.21 bits per heavy atom. The second-order valence-electron chi connectivity index (χ2n) is 5.84. The molecule has 0 spiro atoms. The maximum Gasteiger partial charge on any atom is 0.573 e. The van der Waals surface area contributed by atoms with Gasteiger partial charge in [0.2, 0.25) is 0 Å². The molecule has 0 heterocycles. The summed E-state index contributed by atoms with van der Waals surface area (Å²) in [5.74, 6) is 0.122. The summed E-state index contributed by atoms with van der Waals surface area (Å²) in [6.07, 6.45) is 1.56. The number of hydrogen-bond acceptors (Lipinski definition) is 2. The van der Waals surface area contributed by atoms with Crippen LogP contribution in [-0.4, -0.2) is 13.4 Å². The summed E-state index contributed by atoms with van der Waals surface area (Å²) < 4.78 is 40.7. The van der Waals surface area contributed by atoms with Gasteiger partial charge in [0, 0.05) is 18.4 Å². The van der Waals surface area contributed by atoms with Crippen LogP contribution in [0.5, 0.6) is 5.75 Å². The lowest BCUT2D eigenvalue weighted by Crippen LogP contribution is -2.22. The molecule has 0 fully saturated rings. The van der Waals surface area contributed by atoms with Crippen molar-refractivity contribution >= 4 is 5.69 Å². The first-order valence-corrected chi connectivity index (χ1v) is 8.15. The van der Waals surface area contributed by atoms with Crippen LogP contribution in [0.4, 0.5) is 18.9 Å². The molecule has 0 aliphatic rings. The minimum Gasteiger partial charge on any atom is -0.406 e. The summed E-state index contributed by atoms with van der Waals surface area (Å²) in [5.41, 5.74) is 3.13. The van der Waals surface area contributed by atoms with Crippen LogP contribution < -0.4 is 9.64 Å². The van der Waals surface area contributed by atoms with E-state index in [2.05, 4.69) is 44.6 Å². The lowest BCUT2D eigenvalue weighted by Gasteiger charge is -2.27. The molecule has 0 aromatic heterocycles. The van der Waals surface area contributed by atoms with Gasteiger partial charge in [-0.05, 0) is 56.0 Å². The van der Waals surface area contributed by atoms with Crippen LogP contribution in [0.1, 0.15) is 40.5 Å². The van der Waals surface area contributed by atoms with Gasteiger partial charge in [-0.15, -0.1) is 13.2 Å². The Morgan fingerprint density at radius 2 is 1.79 bits per heavy atom. The number of allylic oxidation sites excluding steroid dienone is 4. The van der Waals surface area contributed by atoms with Gasteiger partial charge in [0.1, 0.15) is 5.75 Å². The fraction of sp³-hybridized carbons (Fsp3) is 0.474. The molecule has 0 saturated heterocycles. The van der Waals surface area contributed by atoms with Crippen LogP contribution in [0.25, 0.3) is 0 Å². The fourth-order valence-electron chi connectivity index (χ4n) is 2.41. The molecule has 1 aromatic rings. The van der Waals surface area contributed by atoms with Gasteiger partial charge in [-0.3, -0.25) is 0 Å². The zero-order valence-electron chi connectivity index (χ0n) is 14.9. The van der Waals surface area contributed by atoms with Crippen molar-refractivity contribution in [2.75, 3.05) is 11.9 Å². The molecule has 1 rings (SSSR count). The van der Waals surface area contributed by atoms with Gasteiger partial charge < -0.3 is 9.64 Å². The Bertz CT molecular complexity index is 573. The van der Waals surface area contributed by atoms with Crippen molar-refractivity contribution in [2.45, 2.75) is 46.9 Å². The molecule has 0 aliphatic carbocycles. The summed E-state index contributed by atoms with van der Waals surface area (Å²) in [6.45, 7) is 8.40. The van der Waals surface area contributed by atoms with Crippen molar-refractivity contribution < 1.29 is 17.9 Å². The number of hydrogen-bond donors (Lipinski definition) is 0. The van der Waals surface area contributed by atoms with Crippen molar-refractivity contribution in [3.63, 3.8) is 0 Å². The maximum absolute atomic E-state index is 12.2. The molecule has 5 heteroatoms. The second-order valence-corrected chi connectivity index (χ2v) is 5.84. The molecule has 0 N–H and O–H groups in total. The quantitative estimate of drug-likeness (QED) is 0.539. The van der Waals surface area contributed by atoms with E-state index in [1.807, 2.05) is 11.9 Å². The normalized spacial score (nSPS) is 14.5. The van der Waals surface area contributed by atoms with E-state index in [1.54, 1.807) is 12.1 Å². The summed E-state index contributed by atoms with van der Waals surface area (Å²) >= 11 is 0. The van der Waals surface area contributed by atoms with E-state index < -0.39 is 6.36 Å². The van der Waals surface area contributed by atoms with Crippen LogP contribution >= 0.6 is 0 Å². The van der Waals surface area contributed by atoms with Crippen molar-refractivity contribution in [3.05, 3.63) is 47.7 Å². The van der Waals surface area contributed by atoms with Crippen molar-refractivity contribution in [1.29, 1.82) is 0 Å². The highest BCUT2D eigenvalue weighted by Crippen LogP contribution is 2.29. The highest BCUT2D eigenvalue weighted by molar-refractivity contribution is 5.54. The monoisotopic (exact) mass is 341 g/mol. The van der Waals surface area contributed by atoms with Gasteiger partial charge in [0.25, 0.3) is 0 Å². The van der Waals surface area contributed by atoms with Crippen LogP contribution in [0, 0.1) is 5.92 Å². The van der Waals surface area contributed by atoms with Gasteiger partial charge >= 0.3 is 6.36 Å². The maximum atomic E-state index is 12.2. The number of ether oxygens (including phenoxy) is 1. The highest BCUT2D eigenvalue weighted by Gasteiger charge is 2.31. The van der Waals surface area contributed by atoms with E-state index in [-0.39, 0.29) is 5.75 Å². The Morgan fingerprint density at radius 3 is 2.25 bits per heavy atom. The van der Waals surface area contributed by atoms with Gasteiger partial charge in [-0.2, -0.15) is 0 Å². The number of alkyl halides is 3. The molecule has 0 saturated carbocycles. The van der Waals surface area contributed by atoms with E-state index in [0.717, 1.165) is 24.2 Å². The number of halogens is 3. The van der Waals surface area contributed by atoms with E-state index in [0.29, 0.717) is 5.92 Å². The standard InChI is InChI=1S/C19H26F3NO/c1-6-8-14(3)13-18(15(4)7-2)23(5)16-9-11-17(12-10-16)24-19(20,21)22/h8-13,15H,6-7H2,1-5H3/b14-8-,18-13-. The van der Waals surface area contributed by atoms with Gasteiger partial charge in [-0.25, -0.2) is 0 Å². The fourth-order valence-corrected chi connectivity index (χ4v) is 2.41. The average molecular weight is 341 g/mol. The third kappa shape index (κ3) is 6.30. The molecular weight excluding hydrogens is 315 g/mol. The summed E-state index contributed by atoms with van der Waals surface area (Å²) in [7, 11) is 1.93. The summed E-state index contributed by atoms with van der Waals surface area (Å²) in [6, 6.07) is 5.94. The Labute approximate surface area is 142 Å². The second kappa shape index (κ2) is 8.81. The SMILES string of the molecule is CC/C=C(C)\C=C(\C(C)CC)N(C)c1ccc(OC(F)(F)F)cc1.